The van der Waals surface area contributed by atoms with Crippen molar-refractivity contribution in [2.75, 3.05) is 13.2 Å². The van der Waals surface area contributed by atoms with Crippen LogP contribution < -0.4 is 11.1 Å². The summed E-state index contributed by atoms with van der Waals surface area (Å²) in [6, 6.07) is 0.641. The second kappa shape index (κ2) is 6.87. The molecular weight excluding hydrogens is 228 g/mol. The fraction of sp³-hybridized carbons (Fsp3) is 0.769. The largest absolute Gasteiger partial charge is 0.396 e. The van der Waals surface area contributed by atoms with Gasteiger partial charge in [0.25, 0.3) is 0 Å². The number of imidazole rings is 1. The molecule has 1 rings (SSSR count). The smallest absolute Gasteiger partial charge is 0.0951 e. The van der Waals surface area contributed by atoms with Gasteiger partial charge in [-0.1, -0.05) is 6.92 Å². The standard InChI is InChI=1S/C13H26N4O/c1-9(2)17-8-15-6-13(17)12(5-14)16-11(4)10(3)7-18/h6,8-12,16,18H,5,7,14H2,1-4H3. The summed E-state index contributed by atoms with van der Waals surface area (Å²) in [6.07, 6.45) is 3.70. The minimum Gasteiger partial charge on any atom is -0.396 e. The van der Waals surface area contributed by atoms with Gasteiger partial charge in [0.15, 0.2) is 0 Å². The first-order valence-corrected chi connectivity index (χ1v) is 6.59. The van der Waals surface area contributed by atoms with Gasteiger partial charge in [-0.3, -0.25) is 0 Å². The van der Waals surface area contributed by atoms with Crippen LogP contribution in [0.5, 0.6) is 0 Å². The van der Waals surface area contributed by atoms with Crippen LogP contribution in [0, 0.1) is 5.92 Å². The minimum absolute atomic E-state index is 0.0684. The Labute approximate surface area is 109 Å². The number of nitrogens with one attached hydrogen (secondary N) is 1. The first-order valence-electron chi connectivity index (χ1n) is 6.59. The molecule has 0 aliphatic rings. The van der Waals surface area contributed by atoms with Crippen molar-refractivity contribution in [1.29, 1.82) is 0 Å². The Morgan fingerprint density at radius 3 is 2.56 bits per heavy atom. The average Bonchev–Trinajstić information content (AvgIpc) is 2.83. The zero-order chi connectivity index (χ0) is 13.7. The number of aromatic nitrogens is 2. The molecule has 1 aromatic heterocycles. The van der Waals surface area contributed by atoms with Crippen molar-refractivity contribution in [1.82, 2.24) is 14.9 Å². The van der Waals surface area contributed by atoms with E-state index in [0.29, 0.717) is 12.6 Å². The van der Waals surface area contributed by atoms with Crippen LogP contribution in [-0.4, -0.2) is 33.9 Å². The third kappa shape index (κ3) is 3.54. The van der Waals surface area contributed by atoms with Crippen LogP contribution in [0.25, 0.3) is 0 Å². The van der Waals surface area contributed by atoms with E-state index in [1.165, 1.54) is 0 Å². The third-order valence-electron chi connectivity index (χ3n) is 3.45. The lowest BCUT2D eigenvalue weighted by Crippen LogP contribution is -2.40. The van der Waals surface area contributed by atoms with E-state index in [4.69, 9.17) is 5.73 Å². The molecule has 0 aromatic carbocycles. The quantitative estimate of drug-likeness (QED) is 0.680. The molecule has 0 spiro atoms. The number of nitrogens with zero attached hydrogens (tertiary/aromatic N) is 2. The predicted molar refractivity (Wildman–Crippen MR) is 73.3 cm³/mol. The maximum atomic E-state index is 9.18. The Hall–Kier alpha value is -0.910. The maximum Gasteiger partial charge on any atom is 0.0951 e. The first-order chi connectivity index (χ1) is 8.51. The van der Waals surface area contributed by atoms with Crippen LogP contribution in [0.1, 0.15) is 45.5 Å². The van der Waals surface area contributed by atoms with E-state index in [1.54, 1.807) is 0 Å². The summed E-state index contributed by atoms with van der Waals surface area (Å²) in [7, 11) is 0. The molecule has 0 radical (unpaired) electrons. The van der Waals surface area contributed by atoms with Crippen LogP contribution in [0.15, 0.2) is 12.5 Å². The van der Waals surface area contributed by atoms with Crippen LogP contribution in [-0.2, 0) is 0 Å². The van der Waals surface area contributed by atoms with Crippen molar-refractivity contribution in [2.45, 2.75) is 45.8 Å². The van der Waals surface area contributed by atoms with Gasteiger partial charge in [0.2, 0.25) is 0 Å². The molecule has 3 unspecified atom stereocenters. The Balaban J connectivity index is 2.80. The van der Waals surface area contributed by atoms with Gasteiger partial charge in [-0.15, -0.1) is 0 Å². The summed E-state index contributed by atoms with van der Waals surface area (Å²) in [5.74, 6) is 0.203. The summed E-state index contributed by atoms with van der Waals surface area (Å²) in [5, 5.41) is 12.6. The lowest BCUT2D eigenvalue weighted by atomic mass is 10.0. The Morgan fingerprint density at radius 2 is 2.06 bits per heavy atom. The number of nitrogens with two attached hydrogens (primary N) is 1. The van der Waals surface area contributed by atoms with Crippen molar-refractivity contribution < 1.29 is 5.11 Å². The summed E-state index contributed by atoms with van der Waals surface area (Å²) in [6.45, 7) is 9.03. The fourth-order valence-electron chi connectivity index (χ4n) is 1.93. The molecule has 0 saturated carbocycles. The van der Waals surface area contributed by atoms with Gasteiger partial charge in [-0.05, 0) is 26.7 Å². The highest BCUT2D eigenvalue weighted by molar-refractivity contribution is 5.07. The number of aliphatic hydroxyl groups is 1. The van der Waals surface area contributed by atoms with Gasteiger partial charge in [0.1, 0.15) is 0 Å². The van der Waals surface area contributed by atoms with Crippen molar-refractivity contribution in [3.63, 3.8) is 0 Å². The molecule has 4 N–H and O–H groups in total. The van der Waals surface area contributed by atoms with Crippen LogP contribution in [0.2, 0.25) is 0 Å². The molecule has 5 heteroatoms. The lowest BCUT2D eigenvalue weighted by molar-refractivity contribution is 0.200. The topological polar surface area (TPSA) is 76.1 Å². The van der Waals surface area contributed by atoms with E-state index >= 15 is 0 Å². The maximum absolute atomic E-state index is 9.18. The highest BCUT2D eigenvalue weighted by atomic mass is 16.3. The van der Waals surface area contributed by atoms with Crippen molar-refractivity contribution >= 4 is 0 Å². The fourth-order valence-corrected chi connectivity index (χ4v) is 1.93. The molecule has 5 nitrogen and oxygen atoms in total. The third-order valence-corrected chi connectivity index (χ3v) is 3.45. The second-order valence-corrected chi connectivity index (χ2v) is 5.22. The highest BCUT2D eigenvalue weighted by Gasteiger charge is 2.20. The first kappa shape index (κ1) is 15.1. The summed E-state index contributed by atoms with van der Waals surface area (Å²) < 4.78 is 2.13. The minimum atomic E-state index is 0.0684. The Bertz CT molecular complexity index is 351. The van der Waals surface area contributed by atoms with Gasteiger partial charge in [-0.2, -0.15) is 0 Å². The molecule has 0 aliphatic heterocycles. The van der Waals surface area contributed by atoms with E-state index in [1.807, 2.05) is 19.4 Å². The van der Waals surface area contributed by atoms with Crippen molar-refractivity contribution in [2.24, 2.45) is 11.7 Å². The molecule has 104 valence electrons. The van der Waals surface area contributed by atoms with Gasteiger partial charge >= 0.3 is 0 Å². The van der Waals surface area contributed by atoms with Gasteiger partial charge < -0.3 is 20.7 Å². The van der Waals surface area contributed by atoms with Gasteiger partial charge in [-0.25, -0.2) is 4.98 Å². The monoisotopic (exact) mass is 254 g/mol. The molecule has 0 aliphatic carbocycles. The lowest BCUT2D eigenvalue weighted by Gasteiger charge is -2.27. The van der Waals surface area contributed by atoms with Crippen LogP contribution in [0.3, 0.4) is 0 Å². The Morgan fingerprint density at radius 1 is 1.39 bits per heavy atom. The Kier molecular flexibility index (Phi) is 5.78. The van der Waals surface area contributed by atoms with Crippen LogP contribution in [0.4, 0.5) is 0 Å². The zero-order valence-corrected chi connectivity index (χ0v) is 11.8. The summed E-state index contributed by atoms with van der Waals surface area (Å²) >= 11 is 0. The summed E-state index contributed by atoms with van der Waals surface area (Å²) in [4.78, 5) is 4.20. The van der Waals surface area contributed by atoms with E-state index in [9.17, 15) is 5.11 Å². The molecule has 0 bridgehead atoms. The number of hydrogen-bond acceptors (Lipinski definition) is 4. The molecule has 18 heavy (non-hydrogen) atoms. The second-order valence-electron chi connectivity index (χ2n) is 5.22. The highest BCUT2D eigenvalue weighted by Crippen LogP contribution is 2.18. The van der Waals surface area contributed by atoms with E-state index in [0.717, 1.165) is 5.69 Å². The van der Waals surface area contributed by atoms with Crippen LogP contribution >= 0.6 is 0 Å². The normalized spacial score (nSPS) is 16.8. The molecule has 1 heterocycles. The summed E-state index contributed by atoms with van der Waals surface area (Å²) in [5.41, 5.74) is 6.96. The van der Waals surface area contributed by atoms with Crippen molar-refractivity contribution in [3.05, 3.63) is 18.2 Å². The molecular formula is C13H26N4O. The van der Waals surface area contributed by atoms with Crippen molar-refractivity contribution in [3.8, 4) is 0 Å². The molecule has 3 atom stereocenters. The zero-order valence-electron chi connectivity index (χ0n) is 11.8. The van der Waals surface area contributed by atoms with E-state index in [2.05, 4.69) is 35.6 Å². The molecule has 1 aromatic rings. The van der Waals surface area contributed by atoms with Gasteiger partial charge in [0, 0.05) is 31.4 Å². The van der Waals surface area contributed by atoms with E-state index < -0.39 is 0 Å². The predicted octanol–water partition coefficient (Wildman–Crippen LogP) is 1.07. The molecule has 0 fully saturated rings. The number of aliphatic hydroxyl groups excluding tert-OH is 1. The van der Waals surface area contributed by atoms with E-state index in [-0.39, 0.29) is 24.6 Å². The molecule has 0 amide bonds. The SMILES string of the molecule is CC(CO)C(C)NC(CN)c1cncn1C(C)C. The number of hydrogen-bond donors (Lipinski definition) is 3. The number of rotatable bonds is 7. The van der Waals surface area contributed by atoms with Gasteiger partial charge in [0.05, 0.1) is 18.1 Å². The molecule has 0 saturated heterocycles. The average molecular weight is 254 g/mol.